The molecule has 0 aliphatic rings. The number of aromatic nitrogens is 2. The third kappa shape index (κ3) is 3.24. The van der Waals surface area contributed by atoms with Gasteiger partial charge in [-0.25, -0.2) is 9.97 Å². The second-order valence-electron chi connectivity index (χ2n) is 4.75. The number of aliphatic hydroxyl groups is 1. The molecule has 22 heavy (non-hydrogen) atoms. The average Bonchev–Trinajstić information content (AvgIpc) is 2.56. The summed E-state index contributed by atoms with van der Waals surface area (Å²) in [6.45, 7) is 0. The van der Waals surface area contributed by atoms with Gasteiger partial charge in [-0.1, -0.05) is 48.5 Å². The molecule has 0 aliphatic carbocycles. The van der Waals surface area contributed by atoms with Gasteiger partial charge < -0.3 is 10.4 Å². The zero-order valence-electron chi connectivity index (χ0n) is 11.6. The summed E-state index contributed by atoms with van der Waals surface area (Å²) in [7, 11) is 0. The van der Waals surface area contributed by atoms with E-state index in [9.17, 15) is 5.11 Å². The van der Waals surface area contributed by atoms with Crippen molar-refractivity contribution in [1.29, 1.82) is 0 Å². The molecule has 5 heteroatoms. The molecule has 3 aromatic rings. The first-order chi connectivity index (χ1) is 10.7. The minimum Gasteiger partial charge on any atom is -0.383 e. The first kappa shape index (κ1) is 14.5. The van der Waals surface area contributed by atoms with Gasteiger partial charge in [-0.05, 0) is 29.3 Å². The maximum absolute atomic E-state index is 10.6. The van der Waals surface area contributed by atoms with E-state index in [2.05, 4.69) is 15.3 Å². The third-order valence-corrected chi connectivity index (χ3v) is 3.42. The molecular formula is C17H14ClN3O. The van der Waals surface area contributed by atoms with Gasteiger partial charge in [0.05, 0.1) is 0 Å². The molecule has 1 aromatic heterocycles. The third-order valence-electron chi connectivity index (χ3n) is 3.23. The lowest BCUT2D eigenvalue weighted by atomic mass is 10.0. The highest BCUT2D eigenvalue weighted by Gasteiger charge is 2.17. The lowest BCUT2D eigenvalue weighted by Gasteiger charge is -2.16. The van der Waals surface area contributed by atoms with E-state index in [0.29, 0.717) is 11.4 Å². The van der Waals surface area contributed by atoms with Gasteiger partial charge in [0.25, 0.3) is 0 Å². The Bertz CT molecular complexity index is 750. The van der Waals surface area contributed by atoms with Crippen molar-refractivity contribution >= 4 is 23.1 Å². The SMILES string of the molecule is OC(c1ccccc1)c1cnc(Cl)nc1Nc1ccccc1. The van der Waals surface area contributed by atoms with Gasteiger partial charge in [0.2, 0.25) is 5.28 Å². The van der Waals surface area contributed by atoms with Gasteiger partial charge in [0.15, 0.2) is 0 Å². The van der Waals surface area contributed by atoms with Gasteiger partial charge in [-0.2, -0.15) is 0 Å². The zero-order valence-corrected chi connectivity index (χ0v) is 12.4. The molecule has 0 aliphatic heterocycles. The van der Waals surface area contributed by atoms with E-state index >= 15 is 0 Å². The first-order valence-corrected chi connectivity index (χ1v) is 7.19. The van der Waals surface area contributed by atoms with E-state index in [1.54, 1.807) is 0 Å². The van der Waals surface area contributed by atoms with Gasteiger partial charge in [0, 0.05) is 17.4 Å². The largest absolute Gasteiger partial charge is 0.383 e. The minimum absolute atomic E-state index is 0.127. The lowest BCUT2D eigenvalue weighted by Crippen LogP contribution is -2.07. The average molecular weight is 312 g/mol. The quantitative estimate of drug-likeness (QED) is 0.716. The molecule has 3 rings (SSSR count). The topological polar surface area (TPSA) is 58.0 Å². The van der Waals surface area contributed by atoms with E-state index in [-0.39, 0.29) is 5.28 Å². The van der Waals surface area contributed by atoms with Crippen molar-refractivity contribution in [2.45, 2.75) is 6.10 Å². The molecule has 0 amide bonds. The highest BCUT2D eigenvalue weighted by molar-refractivity contribution is 6.28. The van der Waals surface area contributed by atoms with E-state index in [0.717, 1.165) is 11.3 Å². The molecular weight excluding hydrogens is 298 g/mol. The van der Waals surface area contributed by atoms with Gasteiger partial charge in [0.1, 0.15) is 11.9 Å². The van der Waals surface area contributed by atoms with Gasteiger partial charge >= 0.3 is 0 Å². The van der Waals surface area contributed by atoms with Gasteiger partial charge in [-0.3, -0.25) is 0 Å². The maximum atomic E-state index is 10.6. The van der Waals surface area contributed by atoms with Crippen LogP contribution >= 0.6 is 11.6 Å². The molecule has 0 bridgehead atoms. The lowest BCUT2D eigenvalue weighted by molar-refractivity contribution is 0.220. The number of nitrogens with one attached hydrogen (secondary N) is 1. The Hall–Kier alpha value is -2.43. The second-order valence-corrected chi connectivity index (χ2v) is 5.09. The summed E-state index contributed by atoms with van der Waals surface area (Å²) in [5.74, 6) is 0.488. The molecule has 1 heterocycles. The van der Waals surface area contributed by atoms with Crippen LogP contribution in [-0.2, 0) is 0 Å². The van der Waals surface area contributed by atoms with E-state index < -0.39 is 6.10 Å². The van der Waals surface area contributed by atoms with Crippen LogP contribution in [0.4, 0.5) is 11.5 Å². The van der Waals surface area contributed by atoms with Crippen LogP contribution in [0.1, 0.15) is 17.2 Å². The summed E-state index contributed by atoms with van der Waals surface area (Å²) in [5, 5.41) is 13.9. The van der Waals surface area contributed by atoms with E-state index in [4.69, 9.17) is 11.6 Å². The summed E-state index contributed by atoms with van der Waals surface area (Å²) >= 11 is 5.89. The molecule has 110 valence electrons. The number of hydrogen-bond donors (Lipinski definition) is 2. The van der Waals surface area contributed by atoms with E-state index in [1.165, 1.54) is 6.20 Å². The maximum Gasteiger partial charge on any atom is 0.224 e. The summed E-state index contributed by atoms with van der Waals surface area (Å²) < 4.78 is 0. The standard InChI is InChI=1S/C17H14ClN3O/c18-17-19-11-14(15(22)12-7-3-1-4-8-12)16(21-17)20-13-9-5-2-6-10-13/h1-11,15,22H,(H,19,20,21). The Balaban J connectivity index is 1.97. The van der Waals surface area contributed by atoms with Crippen LogP contribution < -0.4 is 5.32 Å². The fourth-order valence-electron chi connectivity index (χ4n) is 2.14. The second kappa shape index (κ2) is 6.56. The van der Waals surface area contributed by atoms with Crippen LogP contribution in [0.15, 0.2) is 66.9 Å². The van der Waals surface area contributed by atoms with Crippen LogP contribution in [0.2, 0.25) is 5.28 Å². The predicted octanol–water partition coefficient (Wildman–Crippen LogP) is 3.96. The van der Waals surface area contributed by atoms with Crippen molar-refractivity contribution in [1.82, 2.24) is 9.97 Å². The molecule has 1 unspecified atom stereocenters. The molecule has 4 nitrogen and oxygen atoms in total. The number of para-hydroxylation sites is 1. The Labute approximate surface area is 133 Å². The van der Waals surface area contributed by atoms with Crippen molar-refractivity contribution in [3.05, 3.63) is 83.3 Å². The summed E-state index contributed by atoms with van der Waals surface area (Å²) in [6, 6.07) is 18.9. The van der Waals surface area contributed by atoms with E-state index in [1.807, 2.05) is 60.7 Å². The molecule has 1 atom stereocenters. The number of aliphatic hydroxyl groups excluding tert-OH is 1. The summed E-state index contributed by atoms with van der Waals surface area (Å²) in [6.07, 6.45) is 0.711. The zero-order chi connectivity index (χ0) is 15.4. The van der Waals surface area contributed by atoms with Crippen molar-refractivity contribution in [3.8, 4) is 0 Å². The highest BCUT2D eigenvalue weighted by Crippen LogP contribution is 2.29. The Kier molecular flexibility index (Phi) is 4.32. The van der Waals surface area contributed by atoms with Crippen LogP contribution in [0, 0.1) is 0 Å². The van der Waals surface area contributed by atoms with Crippen molar-refractivity contribution in [3.63, 3.8) is 0 Å². The smallest absolute Gasteiger partial charge is 0.224 e. The number of benzene rings is 2. The molecule has 2 aromatic carbocycles. The first-order valence-electron chi connectivity index (χ1n) is 6.81. The molecule has 2 N–H and O–H groups in total. The summed E-state index contributed by atoms with van der Waals surface area (Å²) in [4.78, 5) is 8.18. The Morgan fingerprint density at radius 1 is 0.955 bits per heavy atom. The van der Waals surface area contributed by atoms with Crippen molar-refractivity contribution in [2.24, 2.45) is 0 Å². The molecule has 0 saturated carbocycles. The molecule has 0 spiro atoms. The predicted molar refractivity (Wildman–Crippen MR) is 87.3 cm³/mol. The number of hydrogen-bond acceptors (Lipinski definition) is 4. The Morgan fingerprint density at radius 2 is 1.59 bits per heavy atom. The normalized spacial score (nSPS) is 11.9. The molecule has 0 saturated heterocycles. The fraction of sp³-hybridized carbons (Fsp3) is 0.0588. The monoisotopic (exact) mass is 311 g/mol. The number of nitrogens with zero attached hydrogens (tertiary/aromatic N) is 2. The fourth-order valence-corrected chi connectivity index (χ4v) is 2.28. The summed E-state index contributed by atoms with van der Waals surface area (Å²) in [5.41, 5.74) is 2.20. The number of halogens is 1. The van der Waals surface area contributed by atoms with Crippen molar-refractivity contribution in [2.75, 3.05) is 5.32 Å². The van der Waals surface area contributed by atoms with Crippen LogP contribution in [-0.4, -0.2) is 15.1 Å². The van der Waals surface area contributed by atoms with Gasteiger partial charge in [-0.15, -0.1) is 0 Å². The number of anilines is 2. The number of rotatable bonds is 4. The van der Waals surface area contributed by atoms with Crippen LogP contribution in [0.25, 0.3) is 0 Å². The van der Waals surface area contributed by atoms with Crippen molar-refractivity contribution < 1.29 is 5.11 Å². The molecule has 0 fully saturated rings. The van der Waals surface area contributed by atoms with Crippen LogP contribution in [0.5, 0.6) is 0 Å². The Morgan fingerprint density at radius 3 is 2.27 bits per heavy atom. The minimum atomic E-state index is -0.829. The highest BCUT2D eigenvalue weighted by atomic mass is 35.5. The molecule has 0 radical (unpaired) electrons. The van der Waals surface area contributed by atoms with Crippen LogP contribution in [0.3, 0.4) is 0 Å².